The fourth-order valence-electron chi connectivity index (χ4n) is 3.99. The number of anilines is 1. The van der Waals surface area contributed by atoms with Crippen molar-refractivity contribution in [1.82, 2.24) is 9.80 Å². The molecule has 0 bridgehead atoms. The summed E-state index contributed by atoms with van der Waals surface area (Å²) in [6, 6.07) is 13.3. The van der Waals surface area contributed by atoms with Crippen LogP contribution in [0.2, 0.25) is 5.02 Å². The molecule has 1 heterocycles. The van der Waals surface area contributed by atoms with Crippen LogP contribution < -0.4 is 4.31 Å². The number of carbonyl (C=O) groups is 1. The zero-order chi connectivity index (χ0) is 22.7. The number of carbonyl (C=O) groups excluding carboxylic acids is 1. The molecule has 1 aliphatic heterocycles. The first-order chi connectivity index (χ1) is 15.4. The molecule has 2 aromatic rings. The van der Waals surface area contributed by atoms with Crippen LogP contribution in [0, 0.1) is 5.92 Å². The predicted molar refractivity (Wildman–Crippen MR) is 128 cm³/mol. The van der Waals surface area contributed by atoms with Gasteiger partial charge >= 0.3 is 0 Å². The summed E-state index contributed by atoms with van der Waals surface area (Å²) in [5.74, 6) is 0.656. The Morgan fingerprint density at radius 2 is 1.78 bits per heavy atom. The molecule has 8 heteroatoms. The lowest BCUT2D eigenvalue weighted by Crippen LogP contribution is -2.49. The van der Waals surface area contributed by atoms with E-state index in [4.69, 9.17) is 11.6 Å². The van der Waals surface area contributed by atoms with Gasteiger partial charge in [-0.2, -0.15) is 0 Å². The van der Waals surface area contributed by atoms with Crippen LogP contribution in [0.15, 0.2) is 66.1 Å². The molecule has 1 amide bonds. The topological polar surface area (TPSA) is 60.9 Å². The molecule has 1 aliphatic carbocycles. The van der Waals surface area contributed by atoms with Crippen LogP contribution in [0.3, 0.4) is 0 Å². The lowest BCUT2D eigenvalue weighted by atomic mass is 10.1. The van der Waals surface area contributed by atoms with E-state index in [0.29, 0.717) is 24.3 Å². The van der Waals surface area contributed by atoms with Crippen LogP contribution >= 0.6 is 11.6 Å². The first-order valence-electron chi connectivity index (χ1n) is 10.9. The molecule has 2 fully saturated rings. The Hall–Kier alpha value is -2.35. The smallest absolute Gasteiger partial charge is 0.266 e. The minimum Gasteiger partial charge on any atom is -0.336 e. The lowest BCUT2D eigenvalue weighted by Gasteiger charge is -2.35. The Morgan fingerprint density at radius 3 is 2.41 bits per heavy atom. The fraction of sp³-hybridized carbons (Fsp3) is 0.375. The van der Waals surface area contributed by atoms with Crippen molar-refractivity contribution in [3.05, 3.63) is 71.8 Å². The summed E-state index contributed by atoms with van der Waals surface area (Å²) in [4.78, 5) is 17.3. The maximum Gasteiger partial charge on any atom is 0.266 e. The number of hydrogen-bond acceptors (Lipinski definition) is 4. The van der Waals surface area contributed by atoms with E-state index in [-0.39, 0.29) is 22.4 Å². The molecule has 6 nitrogen and oxygen atoms in total. The number of halogens is 1. The largest absolute Gasteiger partial charge is 0.336 e. The Balaban J connectivity index is 1.56. The number of hydrogen-bond donors (Lipinski definition) is 0. The molecule has 1 saturated carbocycles. The average molecular weight is 474 g/mol. The van der Waals surface area contributed by atoms with Crippen LogP contribution in [0.5, 0.6) is 0 Å². The minimum absolute atomic E-state index is 0.0805. The van der Waals surface area contributed by atoms with Gasteiger partial charge in [0.05, 0.1) is 17.3 Å². The van der Waals surface area contributed by atoms with Crippen LogP contribution in [0.1, 0.15) is 23.2 Å². The molecule has 0 spiro atoms. The van der Waals surface area contributed by atoms with E-state index in [9.17, 15) is 13.2 Å². The summed E-state index contributed by atoms with van der Waals surface area (Å²) in [6.45, 7) is 7.87. The maximum atomic E-state index is 13.5. The number of amides is 1. The molecule has 2 aliphatic rings. The Kier molecular flexibility index (Phi) is 6.88. The molecule has 170 valence electrons. The Labute approximate surface area is 195 Å². The highest BCUT2D eigenvalue weighted by atomic mass is 35.5. The highest BCUT2D eigenvalue weighted by Gasteiger charge is 2.30. The number of rotatable bonds is 8. The van der Waals surface area contributed by atoms with Gasteiger partial charge in [-0.15, -0.1) is 6.58 Å². The van der Waals surface area contributed by atoms with Gasteiger partial charge in [0.1, 0.15) is 4.90 Å². The summed E-state index contributed by atoms with van der Waals surface area (Å²) >= 11 is 6.31. The van der Waals surface area contributed by atoms with E-state index in [2.05, 4.69) is 11.5 Å². The summed E-state index contributed by atoms with van der Waals surface area (Å²) in [6.07, 6.45) is 4.15. The van der Waals surface area contributed by atoms with Gasteiger partial charge in [-0.25, -0.2) is 8.42 Å². The van der Waals surface area contributed by atoms with Gasteiger partial charge in [0, 0.05) is 38.3 Å². The molecule has 1 saturated heterocycles. The van der Waals surface area contributed by atoms with Crippen molar-refractivity contribution in [2.24, 2.45) is 5.92 Å². The second-order valence-corrected chi connectivity index (χ2v) is 10.6. The molecule has 4 rings (SSSR count). The van der Waals surface area contributed by atoms with Crippen molar-refractivity contribution in [1.29, 1.82) is 0 Å². The first kappa shape index (κ1) is 22.8. The van der Waals surface area contributed by atoms with Crippen LogP contribution in [0.4, 0.5) is 5.69 Å². The average Bonchev–Trinajstić information content (AvgIpc) is 3.62. The standard InChI is InChI=1S/C24H28ClN3O3S/c1-2-12-28(21-6-4-3-5-7-21)32(30,31)23-17-20(10-11-22(23)25)24(29)27-15-13-26(14-16-27)18-19-8-9-19/h2-7,10-11,17,19H,1,8-9,12-16,18H2. The number of nitrogens with zero attached hydrogens (tertiary/aromatic N) is 3. The van der Waals surface area contributed by atoms with Crippen LogP contribution in [0.25, 0.3) is 0 Å². The molecule has 0 N–H and O–H groups in total. The zero-order valence-electron chi connectivity index (χ0n) is 18.0. The van der Waals surface area contributed by atoms with E-state index in [1.807, 2.05) is 6.07 Å². The Morgan fingerprint density at radius 1 is 1.09 bits per heavy atom. The maximum absolute atomic E-state index is 13.5. The second kappa shape index (κ2) is 9.65. The Bertz CT molecular complexity index is 1080. The summed E-state index contributed by atoms with van der Waals surface area (Å²) in [5.41, 5.74) is 0.835. The molecule has 32 heavy (non-hydrogen) atoms. The number of para-hydroxylation sites is 1. The molecule has 0 unspecified atom stereocenters. The van der Waals surface area contributed by atoms with Gasteiger partial charge in [-0.1, -0.05) is 35.9 Å². The molecule has 0 radical (unpaired) electrons. The third-order valence-electron chi connectivity index (χ3n) is 5.96. The van der Waals surface area contributed by atoms with Gasteiger partial charge in [0.25, 0.3) is 15.9 Å². The third kappa shape index (κ3) is 5.00. The summed E-state index contributed by atoms with van der Waals surface area (Å²) in [7, 11) is -4.00. The van der Waals surface area contributed by atoms with Crippen molar-refractivity contribution >= 4 is 33.2 Å². The van der Waals surface area contributed by atoms with Crippen LogP contribution in [-0.4, -0.2) is 63.4 Å². The first-order valence-corrected chi connectivity index (χ1v) is 12.7. The van der Waals surface area contributed by atoms with E-state index >= 15 is 0 Å². The van der Waals surface area contributed by atoms with E-state index in [1.165, 1.54) is 35.4 Å². The van der Waals surface area contributed by atoms with Gasteiger partial charge in [-0.05, 0) is 49.1 Å². The minimum atomic E-state index is -4.00. The molecular formula is C24H28ClN3O3S. The quantitative estimate of drug-likeness (QED) is 0.546. The highest BCUT2D eigenvalue weighted by Crippen LogP contribution is 2.31. The van der Waals surface area contributed by atoms with Gasteiger partial charge in [0.2, 0.25) is 0 Å². The molecule has 0 atom stereocenters. The second-order valence-electron chi connectivity index (χ2n) is 8.34. The number of benzene rings is 2. The lowest BCUT2D eigenvalue weighted by molar-refractivity contribution is 0.0632. The predicted octanol–water partition coefficient (Wildman–Crippen LogP) is 3.89. The molecular weight excluding hydrogens is 446 g/mol. The van der Waals surface area contributed by atoms with Gasteiger partial charge in [0.15, 0.2) is 0 Å². The van der Waals surface area contributed by atoms with E-state index in [0.717, 1.165) is 25.6 Å². The zero-order valence-corrected chi connectivity index (χ0v) is 19.6. The van der Waals surface area contributed by atoms with Crippen molar-refractivity contribution < 1.29 is 13.2 Å². The molecule has 0 aromatic heterocycles. The van der Waals surface area contributed by atoms with E-state index in [1.54, 1.807) is 35.2 Å². The summed E-state index contributed by atoms with van der Waals surface area (Å²) < 4.78 is 28.3. The van der Waals surface area contributed by atoms with Crippen LogP contribution in [-0.2, 0) is 10.0 Å². The summed E-state index contributed by atoms with van der Waals surface area (Å²) in [5, 5.41) is 0.0841. The molecule has 2 aromatic carbocycles. The van der Waals surface area contributed by atoms with Crippen molar-refractivity contribution in [2.45, 2.75) is 17.7 Å². The third-order valence-corrected chi connectivity index (χ3v) is 8.23. The number of sulfonamides is 1. The SMILES string of the molecule is C=CCN(c1ccccc1)S(=O)(=O)c1cc(C(=O)N2CCN(CC3CC3)CC2)ccc1Cl. The van der Waals surface area contributed by atoms with Gasteiger partial charge < -0.3 is 4.90 Å². The van der Waals surface area contributed by atoms with Crippen molar-refractivity contribution in [3.63, 3.8) is 0 Å². The normalized spacial score (nSPS) is 17.2. The fourth-order valence-corrected chi connectivity index (χ4v) is 5.93. The van der Waals surface area contributed by atoms with Crippen molar-refractivity contribution in [2.75, 3.05) is 43.6 Å². The van der Waals surface area contributed by atoms with E-state index < -0.39 is 10.0 Å². The van der Waals surface area contributed by atoms with Crippen molar-refractivity contribution in [3.8, 4) is 0 Å². The highest BCUT2D eigenvalue weighted by molar-refractivity contribution is 7.93. The van der Waals surface area contributed by atoms with Gasteiger partial charge in [-0.3, -0.25) is 14.0 Å². The number of piperazine rings is 1. The monoisotopic (exact) mass is 473 g/mol.